The number of hydrogen-bond acceptors (Lipinski definition) is 2. The third-order valence-corrected chi connectivity index (χ3v) is 3.37. The van der Waals surface area contributed by atoms with Crippen molar-refractivity contribution in [1.29, 1.82) is 0 Å². The smallest absolute Gasteiger partial charge is 0.316 e. The highest BCUT2D eigenvalue weighted by Crippen LogP contribution is 2.39. The molecule has 0 saturated carbocycles. The first-order chi connectivity index (χ1) is 8.29. The molecule has 0 amide bonds. The van der Waals surface area contributed by atoms with Crippen LogP contribution in [-0.4, -0.2) is 16.1 Å². The van der Waals surface area contributed by atoms with E-state index in [1.807, 2.05) is 0 Å². The van der Waals surface area contributed by atoms with Crippen LogP contribution in [0.1, 0.15) is 10.4 Å². The first-order valence-electron chi connectivity index (χ1n) is 4.76. The number of fused-ring (bicyclic) bond motifs is 1. The molecule has 0 aliphatic heterocycles. The van der Waals surface area contributed by atoms with E-state index < -0.39 is 22.1 Å². The van der Waals surface area contributed by atoms with Gasteiger partial charge in [-0.3, -0.25) is 9.59 Å². The normalized spacial score (nSPS) is 13.8. The number of nitrogens with one attached hydrogen (secondary N) is 2. The van der Waals surface area contributed by atoms with Crippen molar-refractivity contribution in [1.82, 2.24) is 9.97 Å². The van der Waals surface area contributed by atoms with Crippen LogP contribution in [0.15, 0.2) is 27.8 Å². The number of H-pyrrole nitrogens is 2. The van der Waals surface area contributed by atoms with Gasteiger partial charge in [0, 0.05) is 0 Å². The molecule has 8 heteroatoms. The van der Waals surface area contributed by atoms with E-state index in [1.54, 1.807) is 0 Å². The van der Waals surface area contributed by atoms with Gasteiger partial charge in [-0.1, -0.05) is 22.0 Å². The molecule has 2 aromatic rings. The molecule has 2 N–H and O–H groups in total. The molecule has 0 bridgehead atoms. The number of benzene rings is 1. The largest absolute Gasteiger partial charge is 0.405 e. The summed E-state index contributed by atoms with van der Waals surface area (Å²) in [5.41, 5.74) is -1.40. The summed E-state index contributed by atoms with van der Waals surface area (Å²) < 4.78 is 37.5. The van der Waals surface area contributed by atoms with E-state index in [4.69, 9.17) is 0 Å². The molecule has 1 unspecified atom stereocenters. The number of aromatic amines is 2. The maximum atomic E-state index is 12.5. The molecule has 96 valence electrons. The number of halogens is 4. The van der Waals surface area contributed by atoms with Gasteiger partial charge in [-0.2, -0.15) is 13.2 Å². The fourth-order valence-corrected chi connectivity index (χ4v) is 1.76. The molecule has 0 radical (unpaired) electrons. The van der Waals surface area contributed by atoms with Crippen molar-refractivity contribution in [3.05, 3.63) is 44.5 Å². The third kappa shape index (κ3) is 2.33. The summed E-state index contributed by atoms with van der Waals surface area (Å²) in [6, 6.07) is 3.70. The zero-order valence-corrected chi connectivity index (χ0v) is 10.2. The summed E-state index contributed by atoms with van der Waals surface area (Å²) >= 11 is 2.54. The van der Waals surface area contributed by atoms with E-state index in [9.17, 15) is 22.8 Å². The Morgan fingerprint density at radius 3 is 2.17 bits per heavy atom. The van der Waals surface area contributed by atoms with Crippen LogP contribution in [0.5, 0.6) is 0 Å². The molecule has 0 aliphatic carbocycles. The summed E-state index contributed by atoms with van der Waals surface area (Å²) in [4.78, 5) is 24.8. The summed E-state index contributed by atoms with van der Waals surface area (Å²) in [5, 5.41) is 0. The minimum atomic E-state index is -4.43. The average molecular weight is 323 g/mol. The SMILES string of the molecule is O=c1[nH]c2ccc(C(Br)C(F)(F)F)cc2[nH]c1=O. The molecule has 2 rings (SSSR count). The summed E-state index contributed by atoms with van der Waals surface area (Å²) in [7, 11) is 0. The Bertz CT molecular complexity index is 705. The molecule has 0 aliphatic rings. The Hall–Kier alpha value is -1.57. The molecule has 18 heavy (non-hydrogen) atoms. The second kappa shape index (κ2) is 4.27. The minimum absolute atomic E-state index is 0.0577. The van der Waals surface area contributed by atoms with Gasteiger partial charge in [-0.05, 0) is 17.7 Å². The average Bonchev–Trinajstić information content (AvgIpc) is 2.28. The quantitative estimate of drug-likeness (QED) is 0.624. The fraction of sp³-hybridized carbons (Fsp3) is 0.200. The standard InChI is InChI=1S/C10H6BrF3N2O2/c11-7(10(12,13)14)4-1-2-5-6(3-4)16-9(18)8(17)15-5/h1-3,7H,(H,15,17)(H,16,18). The van der Waals surface area contributed by atoms with Crippen molar-refractivity contribution in [2.75, 3.05) is 0 Å². The predicted octanol–water partition coefficient (Wildman–Crippen LogP) is 2.21. The van der Waals surface area contributed by atoms with E-state index in [2.05, 4.69) is 25.9 Å². The maximum Gasteiger partial charge on any atom is 0.405 e. The first kappa shape index (κ1) is 12.9. The maximum absolute atomic E-state index is 12.5. The summed E-state index contributed by atoms with van der Waals surface area (Å²) in [6.07, 6.45) is -4.43. The second-order valence-electron chi connectivity index (χ2n) is 3.62. The molecular weight excluding hydrogens is 317 g/mol. The van der Waals surface area contributed by atoms with Crippen molar-refractivity contribution in [2.45, 2.75) is 11.0 Å². The predicted molar refractivity (Wildman–Crippen MR) is 62.9 cm³/mol. The molecule has 1 aromatic carbocycles. The van der Waals surface area contributed by atoms with Crippen LogP contribution in [0.2, 0.25) is 0 Å². The lowest BCUT2D eigenvalue weighted by Gasteiger charge is -2.14. The molecule has 1 heterocycles. The molecule has 0 spiro atoms. The van der Waals surface area contributed by atoms with Crippen LogP contribution in [0.3, 0.4) is 0 Å². The Kier molecular flexibility index (Phi) is 3.05. The van der Waals surface area contributed by atoms with Crippen molar-refractivity contribution in [2.24, 2.45) is 0 Å². The van der Waals surface area contributed by atoms with Crippen LogP contribution in [-0.2, 0) is 0 Å². The molecule has 4 nitrogen and oxygen atoms in total. The van der Waals surface area contributed by atoms with Gasteiger partial charge in [-0.15, -0.1) is 0 Å². The van der Waals surface area contributed by atoms with Crippen molar-refractivity contribution in [3.8, 4) is 0 Å². The van der Waals surface area contributed by atoms with E-state index in [0.29, 0.717) is 0 Å². The fourth-order valence-electron chi connectivity index (χ4n) is 1.48. The lowest BCUT2D eigenvalue weighted by Crippen LogP contribution is -2.29. The molecule has 0 saturated heterocycles. The zero-order chi connectivity index (χ0) is 13.5. The Morgan fingerprint density at radius 2 is 1.61 bits per heavy atom. The number of alkyl halides is 4. The Balaban J connectivity index is 2.61. The lowest BCUT2D eigenvalue weighted by atomic mass is 10.1. The van der Waals surface area contributed by atoms with Gasteiger partial charge in [0.25, 0.3) is 0 Å². The molecule has 0 fully saturated rings. The van der Waals surface area contributed by atoms with Gasteiger partial charge in [0.2, 0.25) is 0 Å². The van der Waals surface area contributed by atoms with Gasteiger partial charge >= 0.3 is 17.3 Å². The van der Waals surface area contributed by atoms with Crippen molar-refractivity contribution in [3.63, 3.8) is 0 Å². The monoisotopic (exact) mass is 322 g/mol. The van der Waals surface area contributed by atoms with Gasteiger partial charge in [0.15, 0.2) is 0 Å². The topological polar surface area (TPSA) is 65.7 Å². The van der Waals surface area contributed by atoms with Crippen LogP contribution >= 0.6 is 15.9 Å². The lowest BCUT2D eigenvalue weighted by molar-refractivity contribution is -0.128. The van der Waals surface area contributed by atoms with E-state index in [0.717, 1.165) is 0 Å². The van der Waals surface area contributed by atoms with Crippen molar-refractivity contribution >= 4 is 27.0 Å². The number of rotatable bonds is 1. The highest BCUT2D eigenvalue weighted by atomic mass is 79.9. The molecular formula is C10H6BrF3N2O2. The highest BCUT2D eigenvalue weighted by molar-refractivity contribution is 9.09. The zero-order valence-electron chi connectivity index (χ0n) is 8.64. The van der Waals surface area contributed by atoms with E-state index in [1.165, 1.54) is 18.2 Å². The van der Waals surface area contributed by atoms with Gasteiger partial charge in [0.1, 0.15) is 4.83 Å². The van der Waals surface area contributed by atoms with E-state index >= 15 is 0 Å². The third-order valence-electron chi connectivity index (χ3n) is 2.33. The highest BCUT2D eigenvalue weighted by Gasteiger charge is 2.38. The van der Waals surface area contributed by atoms with Crippen LogP contribution in [0.25, 0.3) is 11.0 Å². The van der Waals surface area contributed by atoms with Gasteiger partial charge < -0.3 is 9.97 Å². The summed E-state index contributed by atoms with van der Waals surface area (Å²) in [6.45, 7) is 0. The minimum Gasteiger partial charge on any atom is -0.316 e. The van der Waals surface area contributed by atoms with Crippen LogP contribution < -0.4 is 11.1 Å². The van der Waals surface area contributed by atoms with Crippen molar-refractivity contribution < 1.29 is 13.2 Å². The Labute approximate surface area is 106 Å². The van der Waals surface area contributed by atoms with Gasteiger partial charge in [0.05, 0.1) is 11.0 Å². The summed E-state index contributed by atoms with van der Waals surface area (Å²) in [5.74, 6) is 0. The number of aromatic nitrogens is 2. The molecule has 1 aromatic heterocycles. The number of hydrogen-bond donors (Lipinski definition) is 2. The van der Waals surface area contributed by atoms with E-state index in [-0.39, 0.29) is 16.6 Å². The molecule has 1 atom stereocenters. The first-order valence-corrected chi connectivity index (χ1v) is 5.67. The van der Waals surface area contributed by atoms with Gasteiger partial charge in [-0.25, -0.2) is 0 Å². The van der Waals surface area contributed by atoms with Crippen LogP contribution in [0.4, 0.5) is 13.2 Å². The Morgan fingerprint density at radius 1 is 1.06 bits per heavy atom. The second-order valence-corrected chi connectivity index (χ2v) is 4.53. The van der Waals surface area contributed by atoms with Crippen LogP contribution in [0, 0.1) is 0 Å².